The Bertz CT molecular complexity index is 906. The van der Waals surface area contributed by atoms with Gasteiger partial charge in [0, 0.05) is 11.3 Å². The highest BCUT2D eigenvalue weighted by Gasteiger charge is 2.69. The summed E-state index contributed by atoms with van der Waals surface area (Å²) in [5, 5.41) is 66.8. The second-order valence-electron chi connectivity index (χ2n) is 14.0. The van der Waals surface area contributed by atoms with Crippen molar-refractivity contribution >= 4 is 5.78 Å². The summed E-state index contributed by atoms with van der Waals surface area (Å²) in [7, 11) is 0. The SMILES string of the molecule is CC[C@H](CC(C)(C)O)[C@@H](O)[C@](C)(O)[C@H]1CC[C@@]2(O)C3=CC(=O)[C@@H]4C[C@@H](O)[C@@H](O)C[C@]4(C)[C@H]3CC[C@]12C. The molecule has 7 heteroatoms. The van der Waals surface area contributed by atoms with E-state index in [0.29, 0.717) is 50.5 Å². The average Bonchev–Trinajstić information content (AvgIpc) is 3.05. The molecule has 0 aromatic heterocycles. The highest BCUT2D eigenvalue weighted by atomic mass is 16.3. The van der Waals surface area contributed by atoms with E-state index in [1.807, 2.05) is 20.8 Å². The fourth-order valence-corrected chi connectivity index (χ4v) is 9.11. The fourth-order valence-electron chi connectivity index (χ4n) is 9.11. The molecule has 0 aromatic rings. The third-order valence-electron chi connectivity index (χ3n) is 11.2. The van der Waals surface area contributed by atoms with Crippen molar-refractivity contribution in [3.8, 4) is 0 Å². The molecule has 0 spiro atoms. The van der Waals surface area contributed by atoms with E-state index in [0.717, 1.165) is 0 Å². The molecular formula is C29H48O7. The van der Waals surface area contributed by atoms with Gasteiger partial charge in [-0.2, -0.15) is 0 Å². The molecule has 0 aromatic carbocycles. The molecule has 11 atom stereocenters. The van der Waals surface area contributed by atoms with Gasteiger partial charge in [0.2, 0.25) is 0 Å². The number of fused-ring (bicyclic) bond motifs is 5. The number of carbonyl (C=O) groups excluding carboxylic acids is 1. The molecule has 0 bridgehead atoms. The van der Waals surface area contributed by atoms with Crippen molar-refractivity contribution in [3.05, 3.63) is 11.6 Å². The standard InChI is InChI=1S/C29H48O7/c1-7-16(14-25(2,3)34)24(33)28(6,35)23-9-11-29(36)18-12-20(30)19-13-21(31)22(32)15-26(19,4)17(18)8-10-27(23,29)5/h12,16-17,19,21-24,31-36H,7-11,13-15H2,1-6H3/t16-,17+,19+,21-,22+,23+,24-,26-,27-,28-,29-/m1/s1. The zero-order valence-corrected chi connectivity index (χ0v) is 22.9. The number of allylic oxidation sites excluding steroid dienone is 1. The molecule has 0 heterocycles. The van der Waals surface area contributed by atoms with Crippen LogP contribution in [-0.4, -0.2) is 71.5 Å². The number of aliphatic hydroxyl groups is 6. The molecule has 7 nitrogen and oxygen atoms in total. The Kier molecular flexibility index (Phi) is 6.93. The van der Waals surface area contributed by atoms with Crippen molar-refractivity contribution in [2.75, 3.05) is 0 Å². The Hall–Kier alpha value is -0.830. The van der Waals surface area contributed by atoms with Gasteiger partial charge in [-0.3, -0.25) is 4.79 Å². The van der Waals surface area contributed by atoms with E-state index < -0.39 is 51.9 Å². The zero-order chi connectivity index (χ0) is 27.1. The van der Waals surface area contributed by atoms with Crippen molar-refractivity contribution in [3.63, 3.8) is 0 Å². The van der Waals surface area contributed by atoms with Crippen LogP contribution in [0.25, 0.3) is 0 Å². The van der Waals surface area contributed by atoms with Crippen LogP contribution in [0.5, 0.6) is 0 Å². The Morgan fingerprint density at radius 2 is 1.69 bits per heavy atom. The summed E-state index contributed by atoms with van der Waals surface area (Å²) in [5.41, 5.74) is -4.35. The molecule has 0 unspecified atom stereocenters. The molecule has 0 aliphatic heterocycles. The Labute approximate surface area is 215 Å². The number of ketones is 1. The molecule has 0 saturated heterocycles. The quantitative estimate of drug-likeness (QED) is 0.324. The van der Waals surface area contributed by atoms with Gasteiger partial charge in [-0.05, 0) is 101 Å². The average molecular weight is 509 g/mol. The first-order valence-electron chi connectivity index (χ1n) is 13.9. The molecule has 0 radical (unpaired) electrons. The number of hydrogen-bond donors (Lipinski definition) is 6. The fraction of sp³-hybridized carbons (Fsp3) is 0.897. The molecule has 4 aliphatic carbocycles. The molecular weight excluding hydrogens is 460 g/mol. The van der Waals surface area contributed by atoms with Crippen LogP contribution in [0.3, 0.4) is 0 Å². The zero-order valence-electron chi connectivity index (χ0n) is 22.9. The van der Waals surface area contributed by atoms with Gasteiger partial charge in [0.25, 0.3) is 0 Å². The van der Waals surface area contributed by atoms with Gasteiger partial charge in [-0.1, -0.05) is 27.2 Å². The number of carbonyl (C=O) groups is 1. The maximum atomic E-state index is 13.3. The normalized spacial score (nSPS) is 46.2. The molecule has 0 amide bonds. The Morgan fingerprint density at radius 3 is 2.28 bits per heavy atom. The van der Waals surface area contributed by atoms with Crippen molar-refractivity contribution in [1.82, 2.24) is 0 Å². The van der Waals surface area contributed by atoms with Crippen LogP contribution in [0.15, 0.2) is 11.6 Å². The van der Waals surface area contributed by atoms with Gasteiger partial charge in [0.1, 0.15) is 0 Å². The van der Waals surface area contributed by atoms with E-state index in [1.165, 1.54) is 0 Å². The second-order valence-corrected chi connectivity index (χ2v) is 14.0. The van der Waals surface area contributed by atoms with E-state index in [-0.39, 0.29) is 30.0 Å². The summed E-state index contributed by atoms with van der Waals surface area (Å²) in [6.07, 6.45) is 2.45. The summed E-state index contributed by atoms with van der Waals surface area (Å²) in [6.45, 7) is 11.0. The summed E-state index contributed by atoms with van der Waals surface area (Å²) in [6, 6.07) is 0. The smallest absolute Gasteiger partial charge is 0.159 e. The summed E-state index contributed by atoms with van der Waals surface area (Å²) in [5.74, 6) is -1.28. The van der Waals surface area contributed by atoms with Gasteiger partial charge in [0.15, 0.2) is 5.78 Å². The minimum Gasteiger partial charge on any atom is -0.390 e. The highest BCUT2D eigenvalue weighted by Crippen LogP contribution is 2.68. The van der Waals surface area contributed by atoms with Crippen LogP contribution in [0.1, 0.15) is 92.9 Å². The first-order valence-corrected chi connectivity index (χ1v) is 13.9. The Morgan fingerprint density at radius 1 is 1.06 bits per heavy atom. The van der Waals surface area contributed by atoms with E-state index in [2.05, 4.69) is 0 Å². The van der Waals surface area contributed by atoms with E-state index in [9.17, 15) is 35.4 Å². The van der Waals surface area contributed by atoms with Crippen molar-refractivity contribution in [2.24, 2.45) is 34.5 Å². The lowest BCUT2D eigenvalue weighted by Gasteiger charge is -2.61. The predicted octanol–water partition coefficient (Wildman–Crippen LogP) is 2.49. The van der Waals surface area contributed by atoms with E-state index >= 15 is 0 Å². The first kappa shape index (κ1) is 28.2. The Balaban J connectivity index is 1.69. The molecule has 6 N–H and O–H groups in total. The molecule has 3 saturated carbocycles. The summed E-state index contributed by atoms with van der Waals surface area (Å²) >= 11 is 0. The van der Waals surface area contributed by atoms with Gasteiger partial charge < -0.3 is 30.6 Å². The van der Waals surface area contributed by atoms with Crippen LogP contribution in [0.2, 0.25) is 0 Å². The number of rotatable bonds is 6. The minimum absolute atomic E-state index is 0.0902. The van der Waals surface area contributed by atoms with E-state index in [1.54, 1.807) is 26.8 Å². The van der Waals surface area contributed by atoms with Crippen LogP contribution >= 0.6 is 0 Å². The minimum atomic E-state index is -1.49. The summed E-state index contributed by atoms with van der Waals surface area (Å²) < 4.78 is 0. The number of hydrogen-bond acceptors (Lipinski definition) is 7. The third kappa shape index (κ3) is 4.04. The summed E-state index contributed by atoms with van der Waals surface area (Å²) in [4.78, 5) is 13.3. The van der Waals surface area contributed by atoms with Crippen molar-refractivity contribution in [1.29, 1.82) is 0 Å². The second kappa shape index (κ2) is 8.85. The lowest BCUT2D eigenvalue weighted by atomic mass is 9.45. The van der Waals surface area contributed by atoms with E-state index in [4.69, 9.17) is 0 Å². The van der Waals surface area contributed by atoms with Gasteiger partial charge in [-0.25, -0.2) is 0 Å². The maximum Gasteiger partial charge on any atom is 0.159 e. The van der Waals surface area contributed by atoms with Gasteiger partial charge in [-0.15, -0.1) is 0 Å². The van der Waals surface area contributed by atoms with Gasteiger partial charge in [0.05, 0.1) is 35.1 Å². The lowest BCUT2D eigenvalue weighted by Crippen LogP contribution is -2.63. The topological polar surface area (TPSA) is 138 Å². The van der Waals surface area contributed by atoms with Crippen LogP contribution in [0.4, 0.5) is 0 Å². The van der Waals surface area contributed by atoms with Crippen molar-refractivity contribution < 1.29 is 35.4 Å². The number of aliphatic hydroxyl groups excluding tert-OH is 3. The maximum absolute atomic E-state index is 13.3. The molecule has 3 fully saturated rings. The van der Waals surface area contributed by atoms with Crippen LogP contribution < -0.4 is 0 Å². The molecule has 36 heavy (non-hydrogen) atoms. The van der Waals surface area contributed by atoms with Crippen molar-refractivity contribution in [2.45, 2.75) is 128 Å². The van der Waals surface area contributed by atoms with Crippen LogP contribution in [0, 0.1) is 34.5 Å². The van der Waals surface area contributed by atoms with Gasteiger partial charge >= 0.3 is 0 Å². The third-order valence-corrected chi connectivity index (χ3v) is 11.2. The predicted molar refractivity (Wildman–Crippen MR) is 136 cm³/mol. The largest absolute Gasteiger partial charge is 0.390 e. The first-order chi connectivity index (χ1) is 16.4. The van der Waals surface area contributed by atoms with Crippen LogP contribution in [-0.2, 0) is 4.79 Å². The monoisotopic (exact) mass is 508 g/mol. The molecule has 4 rings (SSSR count). The lowest BCUT2D eigenvalue weighted by molar-refractivity contribution is -0.185. The highest BCUT2D eigenvalue weighted by molar-refractivity contribution is 5.95. The molecule has 4 aliphatic rings. The molecule has 206 valence electrons.